The van der Waals surface area contributed by atoms with Crippen LogP contribution in [0.25, 0.3) is 10.8 Å². The summed E-state index contributed by atoms with van der Waals surface area (Å²) in [5, 5.41) is 4.16. The summed E-state index contributed by atoms with van der Waals surface area (Å²) in [6, 6.07) is 7.24. The monoisotopic (exact) mass is 257 g/mol. The molecule has 5 heteroatoms. The Morgan fingerprint density at radius 2 is 2.00 bits per heavy atom. The van der Waals surface area contributed by atoms with Crippen molar-refractivity contribution in [2.24, 2.45) is 0 Å². The van der Waals surface area contributed by atoms with Crippen LogP contribution in [-0.2, 0) is 4.79 Å². The van der Waals surface area contributed by atoms with Gasteiger partial charge in [-0.3, -0.25) is 20.0 Å². The average Bonchev–Trinajstić information content (AvgIpc) is 2.39. The molecule has 2 rings (SSSR count). The van der Waals surface area contributed by atoms with Crippen molar-refractivity contribution in [1.29, 1.82) is 0 Å². The lowest BCUT2D eigenvalue weighted by Crippen LogP contribution is -2.42. The number of hydrogen-bond acceptors (Lipinski definition) is 3. The molecule has 5 nitrogen and oxygen atoms in total. The molecule has 0 saturated carbocycles. The Kier molecular flexibility index (Phi) is 3.75. The summed E-state index contributed by atoms with van der Waals surface area (Å²) >= 11 is 0. The van der Waals surface area contributed by atoms with Gasteiger partial charge in [0.05, 0.1) is 11.9 Å². The van der Waals surface area contributed by atoms with Crippen molar-refractivity contribution in [2.45, 2.75) is 13.8 Å². The first-order valence-corrected chi connectivity index (χ1v) is 6.05. The van der Waals surface area contributed by atoms with Gasteiger partial charge in [0.25, 0.3) is 0 Å². The molecule has 1 heterocycles. The van der Waals surface area contributed by atoms with Gasteiger partial charge in [0.1, 0.15) is 0 Å². The number of nitrogens with zero attached hydrogens (tertiary/aromatic N) is 2. The summed E-state index contributed by atoms with van der Waals surface area (Å²) in [5.41, 5.74) is 0.694. The Morgan fingerprint density at radius 1 is 1.26 bits per heavy atom. The first-order valence-electron chi connectivity index (χ1n) is 6.05. The molecule has 2 aromatic rings. The van der Waals surface area contributed by atoms with Crippen LogP contribution in [0, 0.1) is 0 Å². The SMILES string of the molecule is CCN(C(=O)NC(C)=O)c1cncc2ccccc12. The van der Waals surface area contributed by atoms with Gasteiger partial charge in [0.2, 0.25) is 5.91 Å². The van der Waals surface area contributed by atoms with Gasteiger partial charge >= 0.3 is 6.03 Å². The molecule has 98 valence electrons. The maximum absolute atomic E-state index is 12.0. The van der Waals surface area contributed by atoms with Gasteiger partial charge in [0, 0.05) is 30.4 Å². The van der Waals surface area contributed by atoms with E-state index in [0.29, 0.717) is 12.2 Å². The Hall–Kier alpha value is -2.43. The highest BCUT2D eigenvalue weighted by atomic mass is 16.2. The molecule has 0 atom stereocenters. The number of nitrogens with one attached hydrogen (secondary N) is 1. The standard InChI is InChI=1S/C14H15N3O2/c1-3-17(14(19)16-10(2)18)13-9-15-8-11-6-4-5-7-12(11)13/h4-9H,3H2,1-2H3,(H,16,18,19). The smallest absolute Gasteiger partial charge is 0.292 e. The molecule has 0 fully saturated rings. The summed E-state index contributed by atoms with van der Waals surface area (Å²) < 4.78 is 0. The Labute approximate surface area is 111 Å². The minimum atomic E-state index is -0.437. The van der Waals surface area contributed by atoms with Crippen LogP contribution >= 0.6 is 0 Å². The number of aromatic nitrogens is 1. The van der Waals surface area contributed by atoms with Gasteiger partial charge in [-0.25, -0.2) is 4.79 Å². The van der Waals surface area contributed by atoms with Gasteiger partial charge in [-0.15, -0.1) is 0 Å². The van der Waals surface area contributed by atoms with Crippen LogP contribution in [0.5, 0.6) is 0 Å². The number of imide groups is 1. The fraction of sp³-hybridized carbons (Fsp3) is 0.214. The number of fused-ring (bicyclic) bond motifs is 1. The number of carbonyl (C=O) groups excluding carboxylic acids is 2. The van der Waals surface area contributed by atoms with Gasteiger partial charge in [-0.2, -0.15) is 0 Å². The fourth-order valence-electron chi connectivity index (χ4n) is 1.96. The molecule has 1 aromatic heterocycles. The predicted molar refractivity (Wildman–Crippen MR) is 74.0 cm³/mol. The summed E-state index contributed by atoms with van der Waals surface area (Å²) in [5.74, 6) is -0.378. The number of amides is 3. The number of urea groups is 1. The maximum atomic E-state index is 12.0. The first kappa shape index (κ1) is 13.0. The number of rotatable bonds is 2. The van der Waals surface area contributed by atoms with E-state index in [4.69, 9.17) is 0 Å². The Morgan fingerprint density at radius 3 is 2.68 bits per heavy atom. The normalized spacial score (nSPS) is 10.2. The van der Waals surface area contributed by atoms with E-state index in [-0.39, 0.29) is 5.91 Å². The van der Waals surface area contributed by atoms with Crippen LogP contribution in [0.1, 0.15) is 13.8 Å². The molecule has 3 amide bonds. The van der Waals surface area contributed by atoms with Gasteiger partial charge in [0.15, 0.2) is 0 Å². The summed E-state index contributed by atoms with van der Waals surface area (Å²) in [4.78, 5) is 28.6. The third-order valence-electron chi connectivity index (χ3n) is 2.78. The van der Waals surface area contributed by atoms with E-state index in [1.165, 1.54) is 11.8 Å². The second kappa shape index (κ2) is 5.48. The van der Waals surface area contributed by atoms with Crippen LogP contribution in [0.3, 0.4) is 0 Å². The third-order valence-corrected chi connectivity index (χ3v) is 2.78. The van der Waals surface area contributed by atoms with E-state index in [0.717, 1.165) is 10.8 Å². The minimum absolute atomic E-state index is 0.378. The summed E-state index contributed by atoms with van der Waals surface area (Å²) in [7, 11) is 0. The van der Waals surface area contributed by atoms with E-state index < -0.39 is 6.03 Å². The Bertz CT molecular complexity index is 620. The molecule has 0 spiro atoms. The molecule has 0 saturated heterocycles. The minimum Gasteiger partial charge on any atom is -0.292 e. The lowest BCUT2D eigenvalue weighted by atomic mass is 10.1. The van der Waals surface area contributed by atoms with Crippen molar-refractivity contribution >= 4 is 28.4 Å². The van der Waals surface area contributed by atoms with E-state index in [1.807, 2.05) is 31.2 Å². The highest BCUT2D eigenvalue weighted by molar-refractivity contribution is 6.06. The third kappa shape index (κ3) is 2.70. The van der Waals surface area contributed by atoms with Crippen molar-refractivity contribution in [3.8, 4) is 0 Å². The lowest BCUT2D eigenvalue weighted by Gasteiger charge is -2.21. The van der Waals surface area contributed by atoms with Crippen LogP contribution in [-0.4, -0.2) is 23.5 Å². The highest BCUT2D eigenvalue weighted by Gasteiger charge is 2.17. The molecule has 0 aliphatic heterocycles. The molecule has 0 radical (unpaired) electrons. The zero-order valence-electron chi connectivity index (χ0n) is 10.9. The predicted octanol–water partition coefficient (Wildman–Crippen LogP) is 2.32. The van der Waals surface area contributed by atoms with Crippen LogP contribution in [0.2, 0.25) is 0 Å². The molecule has 0 aliphatic carbocycles. The highest BCUT2D eigenvalue weighted by Crippen LogP contribution is 2.25. The van der Waals surface area contributed by atoms with Crippen LogP contribution in [0.15, 0.2) is 36.7 Å². The molecule has 1 N–H and O–H groups in total. The second-order valence-electron chi connectivity index (χ2n) is 4.11. The van der Waals surface area contributed by atoms with E-state index in [1.54, 1.807) is 12.4 Å². The van der Waals surface area contributed by atoms with Gasteiger partial charge in [-0.05, 0) is 6.92 Å². The number of hydrogen-bond donors (Lipinski definition) is 1. The molecule has 0 unspecified atom stereocenters. The van der Waals surface area contributed by atoms with E-state index in [2.05, 4.69) is 10.3 Å². The quantitative estimate of drug-likeness (QED) is 0.898. The van der Waals surface area contributed by atoms with E-state index >= 15 is 0 Å². The lowest BCUT2D eigenvalue weighted by molar-refractivity contribution is -0.117. The molecular weight excluding hydrogens is 242 g/mol. The van der Waals surface area contributed by atoms with Crippen molar-refractivity contribution in [3.63, 3.8) is 0 Å². The summed E-state index contributed by atoms with van der Waals surface area (Å²) in [6.45, 7) is 3.61. The Balaban J connectivity index is 2.46. The second-order valence-corrected chi connectivity index (χ2v) is 4.11. The first-order chi connectivity index (χ1) is 9.13. The topological polar surface area (TPSA) is 62.3 Å². The largest absolute Gasteiger partial charge is 0.328 e. The number of carbonyl (C=O) groups is 2. The van der Waals surface area contributed by atoms with Crippen molar-refractivity contribution < 1.29 is 9.59 Å². The molecular formula is C14H15N3O2. The maximum Gasteiger partial charge on any atom is 0.328 e. The van der Waals surface area contributed by atoms with Gasteiger partial charge < -0.3 is 0 Å². The number of pyridine rings is 1. The summed E-state index contributed by atoms with van der Waals surface area (Å²) in [6.07, 6.45) is 3.38. The zero-order chi connectivity index (χ0) is 13.8. The average molecular weight is 257 g/mol. The van der Waals surface area contributed by atoms with Crippen LogP contribution < -0.4 is 10.2 Å². The molecule has 0 bridgehead atoms. The molecule has 19 heavy (non-hydrogen) atoms. The van der Waals surface area contributed by atoms with E-state index in [9.17, 15) is 9.59 Å². The van der Waals surface area contributed by atoms with Crippen molar-refractivity contribution in [2.75, 3.05) is 11.4 Å². The molecule has 1 aromatic carbocycles. The zero-order valence-corrected chi connectivity index (χ0v) is 10.9. The number of benzene rings is 1. The van der Waals surface area contributed by atoms with Crippen LogP contribution in [0.4, 0.5) is 10.5 Å². The number of anilines is 1. The fourth-order valence-corrected chi connectivity index (χ4v) is 1.96. The van der Waals surface area contributed by atoms with Crippen molar-refractivity contribution in [1.82, 2.24) is 10.3 Å². The van der Waals surface area contributed by atoms with Crippen molar-refractivity contribution in [3.05, 3.63) is 36.7 Å². The molecule has 0 aliphatic rings. The van der Waals surface area contributed by atoms with Gasteiger partial charge in [-0.1, -0.05) is 24.3 Å².